The molecule has 3 unspecified atom stereocenters. The van der Waals surface area contributed by atoms with E-state index >= 15 is 0 Å². The molecule has 24 heavy (non-hydrogen) atoms. The van der Waals surface area contributed by atoms with Crippen molar-refractivity contribution in [2.45, 2.75) is 71.0 Å². The van der Waals surface area contributed by atoms with E-state index in [9.17, 15) is 19.2 Å². The van der Waals surface area contributed by atoms with Crippen LogP contribution in [0.15, 0.2) is 0 Å². The monoisotopic (exact) mass is 343 g/mol. The Balaban J connectivity index is 1.83. The van der Waals surface area contributed by atoms with Crippen molar-refractivity contribution < 1.29 is 24.0 Å². The van der Waals surface area contributed by atoms with Gasteiger partial charge in [-0.1, -0.05) is 6.42 Å². The van der Waals surface area contributed by atoms with Crippen molar-refractivity contribution in [3.63, 3.8) is 0 Å². The molecular weight excluding hydrogens is 318 g/mol. The van der Waals surface area contributed by atoms with Gasteiger partial charge in [0.2, 0.25) is 5.91 Å². The first-order chi connectivity index (χ1) is 11.3. The predicted molar refractivity (Wildman–Crippen MR) is 84.3 cm³/mol. The zero-order valence-electron chi connectivity index (χ0n) is 14.4. The summed E-state index contributed by atoms with van der Waals surface area (Å²) in [6, 6.07) is -0.294. The number of imide groups is 1. The molecular formula is C16H25N3O5. The average molecular weight is 343 g/mol. The molecule has 8 heteroatoms. The molecule has 2 saturated heterocycles. The van der Waals surface area contributed by atoms with Crippen LogP contribution in [0.5, 0.6) is 0 Å². The molecule has 0 aromatic rings. The van der Waals surface area contributed by atoms with E-state index in [0.717, 1.165) is 19.3 Å². The van der Waals surface area contributed by atoms with Crippen LogP contribution in [-0.2, 0) is 24.0 Å². The van der Waals surface area contributed by atoms with Crippen LogP contribution in [0, 0.1) is 0 Å². The van der Waals surface area contributed by atoms with Crippen LogP contribution in [0.4, 0.5) is 0 Å². The Kier molecular flexibility index (Phi) is 5.93. The summed E-state index contributed by atoms with van der Waals surface area (Å²) < 4.78 is 0. The number of carbonyl (C=O) groups is 4. The fourth-order valence-electron chi connectivity index (χ4n) is 3.13. The van der Waals surface area contributed by atoms with Gasteiger partial charge < -0.3 is 10.2 Å². The molecule has 0 aliphatic carbocycles. The number of rotatable bonds is 5. The summed E-state index contributed by atoms with van der Waals surface area (Å²) in [5, 5.41) is 3.05. The number of hydrogen-bond acceptors (Lipinski definition) is 6. The van der Waals surface area contributed by atoms with E-state index in [4.69, 9.17) is 4.84 Å². The van der Waals surface area contributed by atoms with Gasteiger partial charge in [-0.25, -0.2) is 4.79 Å². The zero-order chi connectivity index (χ0) is 17.9. The van der Waals surface area contributed by atoms with E-state index in [-0.39, 0.29) is 25.3 Å². The first kappa shape index (κ1) is 18.4. The summed E-state index contributed by atoms with van der Waals surface area (Å²) in [5.74, 6) is -2.18. The molecule has 3 amide bonds. The van der Waals surface area contributed by atoms with Gasteiger partial charge in [-0.15, -0.1) is 5.06 Å². The largest absolute Gasteiger partial charge is 0.354 e. The maximum atomic E-state index is 12.2. The van der Waals surface area contributed by atoms with Crippen LogP contribution in [0.3, 0.4) is 0 Å². The molecule has 134 valence electrons. The fraction of sp³-hybridized carbons (Fsp3) is 0.750. The summed E-state index contributed by atoms with van der Waals surface area (Å²) in [4.78, 5) is 53.9. The Morgan fingerprint density at radius 1 is 1.17 bits per heavy atom. The molecule has 0 saturated carbocycles. The molecule has 2 fully saturated rings. The summed E-state index contributed by atoms with van der Waals surface area (Å²) in [5.41, 5.74) is 0. The molecule has 2 heterocycles. The SMILES string of the molecule is CC1CCCC(C)[15N]1[13CH2]C(=O)N[13CH]([13CH3])C(=O)ON1C(=O)CCC1=O. The molecule has 0 bridgehead atoms. The van der Waals surface area contributed by atoms with Crippen LogP contribution >= 0.6 is 0 Å². The number of hydrogen-bond donors (Lipinski definition) is 1. The summed E-state index contributed by atoms with van der Waals surface area (Å²) in [6.07, 6.45) is 3.33. The second kappa shape index (κ2) is 7.74. The number of hydroxylamine groups is 2. The van der Waals surface area contributed by atoms with E-state index in [1.54, 1.807) is 0 Å². The molecule has 0 spiro atoms. The average Bonchev–Trinajstić information content (AvgIpc) is 2.83. The van der Waals surface area contributed by atoms with Gasteiger partial charge in [-0.05, 0) is 33.6 Å². The van der Waals surface area contributed by atoms with E-state index in [1.807, 2.05) is 0 Å². The highest BCUT2D eigenvalue weighted by molar-refractivity contribution is 6.01. The van der Waals surface area contributed by atoms with Crippen molar-refractivity contribution in [1.82, 2.24) is 15.3 Å². The minimum absolute atomic E-state index is 0.0393. The lowest BCUT2D eigenvalue weighted by atomic mass is 10.0. The van der Waals surface area contributed by atoms with Gasteiger partial charge in [0.25, 0.3) is 11.8 Å². The smallest absolute Gasteiger partial charge is 0.342 e. The first-order valence-corrected chi connectivity index (χ1v) is 8.42. The summed E-state index contributed by atoms with van der Waals surface area (Å²) in [6.45, 7) is 5.85. The number of amides is 3. The van der Waals surface area contributed by atoms with Gasteiger partial charge in [-0.3, -0.25) is 19.3 Å². The maximum Gasteiger partial charge on any atom is 0.354 e. The minimum atomic E-state index is -0.936. The molecule has 0 aromatic heterocycles. The number of likely N-dealkylation sites (tertiary alicyclic amines) is 1. The Hall–Kier alpha value is -1.96. The highest BCUT2D eigenvalue weighted by atomic mass is 16.7. The van der Waals surface area contributed by atoms with Gasteiger partial charge >= 0.3 is 5.97 Å². The second-order valence-corrected chi connectivity index (χ2v) is 6.58. The van der Waals surface area contributed by atoms with Crippen LogP contribution < -0.4 is 5.32 Å². The van der Waals surface area contributed by atoms with Crippen LogP contribution in [0.2, 0.25) is 0 Å². The third-order valence-electron chi connectivity index (χ3n) is 4.62. The van der Waals surface area contributed by atoms with Crippen molar-refractivity contribution in [3.05, 3.63) is 0 Å². The molecule has 0 radical (unpaired) electrons. The van der Waals surface area contributed by atoms with Crippen molar-refractivity contribution in [2.75, 3.05) is 6.54 Å². The molecule has 8 nitrogen and oxygen atoms in total. The second-order valence-electron chi connectivity index (χ2n) is 6.58. The van der Waals surface area contributed by atoms with Crippen LogP contribution in [0.25, 0.3) is 0 Å². The van der Waals surface area contributed by atoms with E-state index in [1.165, 1.54) is 6.92 Å². The molecule has 2 rings (SSSR count). The fourth-order valence-corrected chi connectivity index (χ4v) is 3.13. The van der Waals surface area contributed by atoms with Gasteiger partial charge in [0.1, 0.15) is 6.04 Å². The third kappa shape index (κ3) is 4.31. The highest BCUT2D eigenvalue weighted by Crippen LogP contribution is 2.21. The third-order valence-corrected chi connectivity index (χ3v) is 4.62. The van der Waals surface area contributed by atoms with Gasteiger partial charge in [0.15, 0.2) is 0 Å². The number of carbonyl (C=O) groups excluding carboxylic acids is 4. The normalized spacial score (nSPS) is 26.4. The van der Waals surface area contributed by atoms with Gasteiger partial charge in [-0.2, -0.15) is 0 Å². The van der Waals surface area contributed by atoms with Crippen molar-refractivity contribution >= 4 is 23.7 Å². The Morgan fingerprint density at radius 3 is 2.25 bits per heavy atom. The molecule has 2 aliphatic rings. The van der Waals surface area contributed by atoms with Crippen molar-refractivity contribution in [3.8, 4) is 0 Å². The Bertz CT molecular complexity index is 510. The van der Waals surface area contributed by atoms with E-state index in [2.05, 4.69) is 24.1 Å². The first-order valence-electron chi connectivity index (χ1n) is 8.42. The number of piperidine rings is 1. The minimum Gasteiger partial charge on any atom is -0.342 e. The van der Waals surface area contributed by atoms with Crippen molar-refractivity contribution in [2.24, 2.45) is 0 Å². The lowest BCUT2D eigenvalue weighted by molar-refractivity contribution is -0.198. The maximum absolute atomic E-state index is 12.2. The highest BCUT2D eigenvalue weighted by Gasteiger charge is 2.34. The summed E-state index contributed by atoms with van der Waals surface area (Å²) >= 11 is 0. The van der Waals surface area contributed by atoms with Gasteiger partial charge in [0, 0.05) is 24.9 Å². The van der Waals surface area contributed by atoms with E-state index in [0.29, 0.717) is 17.1 Å². The zero-order valence-corrected chi connectivity index (χ0v) is 14.4. The molecule has 1 N–H and O–H groups in total. The van der Waals surface area contributed by atoms with Gasteiger partial charge in [0.05, 0.1) is 6.54 Å². The lowest BCUT2D eigenvalue weighted by Gasteiger charge is -2.38. The Labute approximate surface area is 141 Å². The molecule has 0 aromatic carbocycles. The van der Waals surface area contributed by atoms with Crippen LogP contribution in [0.1, 0.15) is 52.9 Å². The number of nitrogens with zero attached hydrogens (tertiary/aromatic N) is 2. The number of nitrogens with one attached hydrogen (secondary N) is 1. The van der Waals surface area contributed by atoms with E-state index < -0.39 is 23.8 Å². The lowest BCUT2D eigenvalue weighted by Crippen LogP contribution is -2.51. The van der Waals surface area contributed by atoms with Crippen LogP contribution in [-0.4, -0.2) is 58.3 Å². The molecule has 2 aliphatic heterocycles. The molecule has 3 atom stereocenters. The van der Waals surface area contributed by atoms with Crippen molar-refractivity contribution in [1.29, 1.82) is 0 Å². The standard InChI is InChI=1S/C16H25N3O5/c1-10-5-4-6-11(2)18(10)9-13(20)17-12(3)16(23)24-19-14(21)7-8-15(19)22/h10-12H,4-9H2,1-3H3,(H,17,20)/i3+1,9+1,12+1,18+1. The topological polar surface area (TPSA) is 96.0 Å². The predicted octanol–water partition coefficient (Wildman–Crippen LogP) is 0.361. The quantitative estimate of drug-likeness (QED) is 0.440. The summed E-state index contributed by atoms with van der Waals surface area (Å²) in [7, 11) is 0. The Morgan fingerprint density at radius 2 is 1.71 bits per heavy atom.